The van der Waals surface area contributed by atoms with Crippen molar-refractivity contribution >= 4 is 0 Å². The van der Waals surface area contributed by atoms with Gasteiger partial charge in [-0.2, -0.15) is 0 Å². The van der Waals surface area contributed by atoms with Gasteiger partial charge in [0.2, 0.25) is 0 Å². The molecule has 2 aliphatic heterocycles. The molecule has 0 aromatic heterocycles. The monoisotopic (exact) mass is 210 g/mol. The number of rotatable bonds is 4. The summed E-state index contributed by atoms with van der Waals surface area (Å²) in [6.45, 7) is 11.3. The number of hydrogen-bond acceptors (Lipinski definition) is 2. The third kappa shape index (κ3) is 3.18. The Morgan fingerprint density at radius 3 is 2.73 bits per heavy atom. The molecule has 1 unspecified atom stereocenters. The highest BCUT2D eigenvalue weighted by Crippen LogP contribution is 2.24. The average molecular weight is 210 g/mol. The Morgan fingerprint density at radius 2 is 2.13 bits per heavy atom. The minimum absolute atomic E-state index is 0.887. The van der Waals surface area contributed by atoms with E-state index in [2.05, 4.69) is 24.1 Å². The summed E-state index contributed by atoms with van der Waals surface area (Å²) in [6.07, 6.45) is 4.26. The van der Waals surface area contributed by atoms with Crippen molar-refractivity contribution in [3.05, 3.63) is 0 Å². The van der Waals surface area contributed by atoms with Crippen molar-refractivity contribution in [3.63, 3.8) is 0 Å². The lowest BCUT2D eigenvalue weighted by molar-refractivity contribution is 0.0618. The molecular weight excluding hydrogens is 184 g/mol. The number of nitrogens with zero attached hydrogens (tertiary/aromatic N) is 1. The molecule has 2 saturated heterocycles. The normalized spacial score (nSPS) is 29.4. The van der Waals surface area contributed by atoms with Gasteiger partial charge in [0.25, 0.3) is 0 Å². The van der Waals surface area contributed by atoms with Gasteiger partial charge in [-0.25, -0.2) is 0 Å². The Morgan fingerprint density at radius 1 is 1.33 bits per heavy atom. The van der Waals surface area contributed by atoms with E-state index in [9.17, 15) is 0 Å². The standard InChI is InChI=1S/C13H26N2/c1-11(2)13-9-15(10-13)7-5-12-4-3-6-14-8-12/h11-14H,3-10H2,1-2H3. The SMILES string of the molecule is CC(C)C1CN(CCC2CCCNC2)C1. The van der Waals surface area contributed by atoms with Gasteiger partial charge >= 0.3 is 0 Å². The van der Waals surface area contributed by atoms with Gasteiger partial charge in [0, 0.05) is 13.1 Å². The van der Waals surface area contributed by atoms with Gasteiger partial charge in [0.15, 0.2) is 0 Å². The van der Waals surface area contributed by atoms with Crippen LogP contribution in [-0.4, -0.2) is 37.6 Å². The van der Waals surface area contributed by atoms with E-state index in [1.807, 2.05) is 0 Å². The third-order valence-electron chi connectivity index (χ3n) is 4.18. The minimum atomic E-state index is 0.887. The highest BCUT2D eigenvalue weighted by atomic mass is 15.2. The fourth-order valence-corrected chi connectivity index (χ4v) is 2.75. The topological polar surface area (TPSA) is 15.3 Å². The summed E-state index contributed by atoms with van der Waals surface area (Å²) in [5, 5.41) is 3.50. The van der Waals surface area contributed by atoms with Crippen LogP contribution in [0.5, 0.6) is 0 Å². The van der Waals surface area contributed by atoms with Crippen molar-refractivity contribution in [2.45, 2.75) is 33.1 Å². The van der Waals surface area contributed by atoms with Gasteiger partial charge in [-0.1, -0.05) is 13.8 Å². The molecule has 1 N–H and O–H groups in total. The van der Waals surface area contributed by atoms with E-state index >= 15 is 0 Å². The predicted molar refractivity (Wildman–Crippen MR) is 65.0 cm³/mol. The second-order valence-corrected chi connectivity index (χ2v) is 5.76. The van der Waals surface area contributed by atoms with Crippen molar-refractivity contribution in [1.29, 1.82) is 0 Å². The molecule has 2 fully saturated rings. The first kappa shape index (κ1) is 11.4. The maximum Gasteiger partial charge on any atom is 0.00245 e. The molecule has 0 amide bonds. The smallest absolute Gasteiger partial charge is 0.00245 e. The van der Waals surface area contributed by atoms with Gasteiger partial charge in [0.05, 0.1) is 0 Å². The minimum Gasteiger partial charge on any atom is -0.316 e. The molecule has 15 heavy (non-hydrogen) atoms. The van der Waals surface area contributed by atoms with Crippen LogP contribution in [0.3, 0.4) is 0 Å². The summed E-state index contributed by atoms with van der Waals surface area (Å²) < 4.78 is 0. The molecule has 88 valence electrons. The quantitative estimate of drug-likeness (QED) is 0.763. The highest BCUT2D eigenvalue weighted by Gasteiger charge is 2.28. The Bertz CT molecular complexity index is 179. The van der Waals surface area contributed by atoms with Crippen molar-refractivity contribution in [2.75, 3.05) is 32.7 Å². The lowest BCUT2D eigenvalue weighted by Crippen LogP contribution is -2.49. The lowest BCUT2D eigenvalue weighted by Gasteiger charge is -2.42. The van der Waals surface area contributed by atoms with Crippen LogP contribution in [0.15, 0.2) is 0 Å². The van der Waals surface area contributed by atoms with Crippen molar-refractivity contribution in [3.8, 4) is 0 Å². The second kappa shape index (κ2) is 5.31. The van der Waals surface area contributed by atoms with E-state index in [0.29, 0.717) is 0 Å². The van der Waals surface area contributed by atoms with E-state index in [1.165, 1.54) is 52.0 Å². The first-order chi connectivity index (χ1) is 7.25. The summed E-state index contributed by atoms with van der Waals surface area (Å²) in [5.41, 5.74) is 0. The van der Waals surface area contributed by atoms with E-state index in [-0.39, 0.29) is 0 Å². The van der Waals surface area contributed by atoms with Crippen molar-refractivity contribution < 1.29 is 0 Å². The highest BCUT2D eigenvalue weighted by molar-refractivity contribution is 4.82. The zero-order valence-electron chi connectivity index (χ0n) is 10.3. The number of piperidine rings is 1. The van der Waals surface area contributed by atoms with Gasteiger partial charge in [-0.05, 0) is 56.7 Å². The van der Waals surface area contributed by atoms with Gasteiger partial charge in [0.1, 0.15) is 0 Å². The summed E-state index contributed by atoms with van der Waals surface area (Å²) >= 11 is 0. The van der Waals surface area contributed by atoms with E-state index in [0.717, 1.165) is 17.8 Å². The molecule has 0 bridgehead atoms. The Balaban J connectivity index is 1.55. The van der Waals surface area contributed by atoms with Crippen LogP contribution < -0.4 is 5.32 Å². The molecule has 0 radical (unpaired) electrons. The largest absolute Gasteiger partial charge is 0.316 e. The maximum atomic E-state index is 3.50. The first-order valence-electron chi connectivity index (χ1n) is 6.69. The van der Waals surface area contributed by atoms with Crippen LogP contribution in [0.25, 0.3) is 0 Å². The summed E-state index contributed by atoms with van der Waals surface area (Å²) in [5.74, 6) is 2.82. The van der Waals surface area contributed by atoms with Crippen molar-refractivity contribution in [1.82, 2.24) is 10.2 Å². The maximum absolute atomic E-state index is 3.50. The molecule has 0 saturated carbocycles. The molecule has 2 nitrogen and oxygen atoms in total. The zero-order chi connectivity index (χ0) is 10.7. The molecule has 0 spiro atoms. The fourth-order valence-electron chi connectivity index (χ4n) is 2.75. The fraction of sp³-hybridized carbons (Fsp3) is 1.00. The molecule has 0 aromatic rings. The van der Waals surface area contributed by atoms with Crippen LogP contribution in [0.1, 0.15) is 33.1 Å². The van der Waals surface area contributed by atoms with E-state index in [1.54, 1.807) is 0 Å². The Labute approximate surface area is 94.4 Å². The first-order valence-corrected chi connectivity index (χ1v) is 6.69. The molecule has 2 rings (SSSR count). The van der Waals surface area contributed by atoms with Crippen molar-refractivity contribution in [2.24, 2.45) is 17.8 Å². The van der Waals surface area contributed by atoms with Crippen LogP contribution in [0, 0.1) is 17.8 Å². The van der Waals surface area contributed by atoms with Crippen LogP contribution >= 0.6 is 0 Å². The molecule has 2 aliphatic rings. The lowest BCUT2D eigenvalue weighted by atomic mass is 9.87. The molecule has 0 aromatic carbocycles. The molecule has 1 atom stereocenters. The summed E-state index contributed by atoms with van der Waals surface area (Å²) in [4.78, 5) is 2.64. The second-order valence-electron chi connectivity index (χ2n) is 5.76. The van der Waals surface area contributed by atoms with Gasteiger partial charge in [-0.3, -0.25) is 0 Å². The molecule has 2 heteroatoms. The van der Waals surface area contributed by atoms with Crippen LogP contribution in [-0.2, 0) is 0 Å². The van der Waals surface area contributed by atoms with Gasteiger partial charge in [-0.15, -0.1) is 0 Å². The number of nitrogens with one attached hydrogen (secondary N) is 1. The number of hydrogen-bond donors (Lipinski definition) is 1. The summed E-state index contributed by atoms with van der Waals surface area (Å²) in [7, 11) is 0. The molecule has 0 aliphatic carbocycles. The zero-order valence-corrected chi connectivity index (χ0v) is 10.3. The average Bonchev–Trinajstić information content (AvgIpc) is 2.16. The summed E-state index contributed by atoms with van der Waals surface area (Å²) in [6, 6.07) is 0. The Hall–Kier alpha value is -0.0800. The molecular formula is C13H26N2. The number of likely N-dealkylation sites (tertiary alicyclic amines) is 1. The molecule has 2 heterocycles. The van der Waals surface area contributed by atoms with E-state index < -0.39 is 0 Å². The van der Waals surface area contributed by atoms with Crippen LogP contribution in [0.4, 0.5) is 0 Å². The third-order valence-corrected chi connectivity index (χ3v) is 4.18. The predicted octanol–water partition coefficient (Wildman–Crippen LogP) is 1.96. The van der Waals surface area contributed by atoms with Crippen LogP contribution in [0.2, 0.25) is 0 Å². The van der Waals surface area contributed by atoms with Gasteiger partial charge < -0.3 is 10.2 Å². The van der Waals surface area contributed by atoms with E-state index in [4.69, 9.17) is 0 Å². The Kier molecular flexibility index (Phi) is 4.04.